The van der Waals surface area contributed by atoms with Crippen molar-refractivity contribution in [2.75, 3.05) is 13.1 Å². The van der Waals surface area contributed by atoms with Crippen molar-refractivity contribution in [3.8, 4) is 0 Å². The molecule has 3 fully saturated rings. The normalized spacial score (nSPS) is 44.3. The van der Waals surface area contributed by atoms with E-state index in [0.717, 1.165) is 18.7 Å². The standard InChI is InChI=1S/C26H36N4O2/c1-4-26-11-7-12-29-13-10-18-17-8-5-6-9-19(17)30(23(18)25(26,29)3)20(15-26)24-28-16(2)21(32-24)14-22(27)31/h5-6,8,15-16,18-19,21,23H,4,7,9-14H2,1-3H3,(H2,27,31)/t16?,18?,19?,21-,23?,25-,26+/m1/s1. The molecule has 6 aliphatic rings. The number of hydrogen-bond donors (Lipinski definition) is 1. The van der Waals surface area contributed by atoms with Gasteiger partial charge in [-0.15, -0.1) is 0 Å². The molecule has 0 aromatic carbocycles. The minimum Gasteiger partial charge on any atom is -0.470 e. The molecule has 4 unspecified atom stereocenters. The van der Waals surface area contributed by atoms with E-state index in [4.69, 9.17) is 15.5 Å². The van der Waals surface area contributed by atoms with Crippen molar-refractivity contribution in [2.45, 2.75) is 89.1 Å². The number of carbonyl (C=O) groups is 1. The smallest absolute Gasteiger partial charge is 0.233 e. The fraction of sp³-hybridized carbons (Fsp3) is 0.692. The summed E-state index contributed by atoms with van der Waals surface area (Å²) in [6.07, 6.45) is 15.3. The van der Waals surface area contributed by atoms with Gasteiger partial charge in [0.25, 0.3) is 0 Å². The van der Waals surface area contributed by atoms with Crippen LogP contribution in [0.5, 0.6) is 0 Å². The van der Waals surface area contributed by atoms with Gasteiger partial charge in [-0.05, 0) is 70.7 Å². The summed E-state index contributed by atoms with van der Waals surface area (Å²) in [6, 6.07) is 0.759. The van der Waals surface area contributed by atoms with Gasteiger partial charge in [-0.25, -0.2) is 4.99 Å². The van der Waals surface area contributed by atoms with Gasteiger partial charge >= 0.3 is 0 Å². The van der Waals surface area contributed by atoms with Crippen molar-refractivity contribution >= 4 is 11.8 Å². The van der Waals surface area contributed by atoms with Crippen LogP contribution in [0.3, 0.4) is 0 Å². The molecular weight excluding hydrogens is 400 g/mol. The molecule has 0 spiro atoms. The highest BCUT2D eigenvalue weighted by Gasteiger charge is 2.67. The maximum atomic E-state index is 11.6. The first-order chi connectivity index (χ1) is 15.4. The summed E-state index contributed by atoms with van der Waals surface area (Å²) in [5.41, 5.74) is 8.50. The summed E-state index contributed by atoms with van der Waals surface area (Å²) >= 11 is 0. The first-order valence-electron chi connectivity index (χ1n) is 12.6. The van der Waals surface area contributed by atoms with Gasteiger partial charge in [-0.1, -0.05) is 25.2 Å². The molecule has 3 saturated heterocycles. The number of nitrogens with zero attached hydrogens (tertiary/aromatic N) is 3. The summed E-state index contributed by atoms with van der Waals surface area (Å²) < 4.78 is 6.38. The molecule has 0 aromatic rings. The van der Waals surface area contributed by atoms with Crippen LogP contribution in [0, 0.1) is 11.3 Å². The number of hydrogen-bond acceptors (Lipinski definition) is 5. The molecule has 0 saturated carbocycles. The Balaban J connectivity index is 1.50. The van der Waals surface area contributed by atoms with E-state index in [1.807, 2.05) is 6.92 Å². The Morgan fingerprint density at radius 2 is 2.22 bits per heavy atom. The van der Waals surface area contributed by atoms with Crippen LogP contribution in [0.4, 0.5) is 0 Å². The predicted molar refractivity (Wildman–Crippen MR) is 125 cm³/mol. The Labute approximate surface area is 191 Å². The zero-order valence-electron chi connectivity index (χ0n) is 19.6. The molecule has 172 valence electrons. The number of fused-ring (bicyclic) bond motifs is 3. The summed E-state index contributed by atoms with van der Waals surface area (Å²) in [5.74, 6) is 0.989. The Kier molecular flexibility index (Phi) is 4.46. The predicted octanol–water partition coefficient (Wildman–Crippen LogP) is 3.16. The fourth-order valence-electron chi connectivity index (χ4n) is 8.10. The number of piperidine rings is 2. The maximum Gasteiger partial charge on any atom is 0.233 e. The first kappa shape index (κ1) is 20.5. The van der Waals surface area contributed by atoms with E-state index in [9.17, 15) is 4.79 Å². The molecule has 5 aliphatic heterocycles. The van der Waals surface area contributed by atoms with Gasteiger partial charge in [-0.2, -0.15) is 0 Å². The zero-order chi connectivity index (χ0) is 22.3. The van der Waals surface area contributed by atoms with E-state index in [1.165, 1.54) is 38.0 Å². The Morgan fingerprint density at radius 1 is 1.38 bits per heavy atom. The van der Waals surface area contributed by atoms with Crippen LogP contribution in [0.2, 0.25) is 0 Å². The fourth-order valence-corrected chi connectivity index (χ4v) is 8.10. The van der Waals surface area contributed by atoms with E-state index >= 15 is 0 Å². The van der Waals surface area contributed by atoms with Crippen LogP contribution in [0.25, 0.3) is 0 Å². The van der Waals surface area contributed by atoms with E-state index in [2.05, 4.69) is 48.0 Å². The quantitative estimate of drug-likeness (QED) is 0.735. The monoisotopic (exact) mass is 436 g/mol. The molecule has 1 amide bonds. The SMILES string of the molecule is CC[C@@]12C=C(C3=NC(C)[C@@H](CC(N)=O)O3)N3C4CC=CC=C4C4CCN(CCC1)[C@]2(C)C43. The average Bonchev–Trinajstić information content (AvgIpc) is 3.30. The van der Waals surface area contributed by atoms with Crippen molar-refractivity contribution in [3.63, 3.8) is 0 Å². The maximum absolute atomic E-state index is 11.6. The first-order valence-corrected chi connectivity index (χ1v) is 12.6. The highest BCUT2D eigenvalue weighted by molar-refractivity contribution is 5.95. The number of ether oxygens (including phenoxy) is 1. The molecule has 1 aliphatic carbocycles. The third-order valence-electron chi connectivity index (χ3n) is 9.68. The zero-order valence-corrected chi connectivity index (χ0v) is 19.6. The molecule has 6 nitrogen and oxygen atoms in total. The summed E-state index contributed by atoms with van der Waals surface area (Å²) in [7, 11) is 0. The highest BCUT2D eigenvalue weighted by Crippen LogP contribution is 2.62. The molecule has 2 N–H and O–H groups in total. The van der Waals surface area contributed by atoms with Crippen molar-refractivity contribution in [1.82, 2.24) is 9.80 Å². The van der Waals surface area contributed by atoms with Crippen molar-refractivity contribution in [3.05, 3.63) is 35.6 Å². The molecule has 6 rings (SSSR count). The lowest BCUT2D eigenvalue weighted by Crippen LogP contribution is -2.75. The molecule has 7 atom stereocenters. The summed E-state index contributed by atoms with van der Waals surface area (Å²) in [6.45, 7) is 9.35. The molecule has 0 bridgehead atoms. The molecule has 5 heterocycles. The van der Waals surface area contributed by atoms with Crippen LogP contribution in [0.15, 0.2) is 40.6 Å². The van der Waals surface area contributed by atoms with Crippen molar-refractivity contribution in [2.24, 2.45) is 22.1 Å². The van der Waals surface area contributed by atoms with Crippen LogP contribution in [0.1, 0.15) is 59.3 Å². The number of nitrogens with two attached hydrogens (primary N) is 1. The second-order valence-electron chi connectivity index (χ2n) is 10.9. The summed E-state index contributed by atoms with van der Waals surface area (Å²) in [4.78, 5) is 22.1. The number of primary amides is 1. The summed E-state index contributed by atoms with van der Waals surface area (Å²) in [5, 5.41) is 0. The minimum absolute atomic E-state index is 0.0573. The number of aliphatic imine (C=N–C) groups is 1. The van der Waals surface area contributed by atoms with Gasteiger partial charge in [0.2, 0.25) is 11.8 Å². The molecule has 0 radical (unpaired) electrons. The average molecular weight is 437 g/mol. The largest absolute Gasteiger partial charge is 0.470 e. The third-order valence-corrected chi connectivity index (χ3v) is 9.68. The lowest BCUT2D eigenvalue weighted by molar-refractivity contribution is -0.126. The van der Waals surface area contributed by atoms with Gasteiger partial charge in [0, 0.05) is 16.9 Å². The Hall–Kier alpha value is -2.08. The van der Waals surface area contributed by atoms with Crippen LogP contribution in [-0.4, -0.2) is 64.5 Å². The third kappa shape index (κ3) is 2.50. The second kappa shape index (κ2) is 6.96. The van der Waals surface area contributed by atoms with E-state index < -0.39 is 0 Å². The van der Waals surface area contributed by atoms with Crippen LogP contribution < -0.4 is 5.73 Å². The van der Waals surface area contributed by atoms with Crippen molar-refractivity contribution in [1.29, 1.82) is 0 Å². The van der Waals surface area contributed by atoms with Gasteiger partial charge in [-0.3, -0.25) is 9.69 Å². The molecule has 32 heavy (non-hydrogen) atoms. The number of carbonyl (C=O) groups excluding carboxylic acids is 1. The Morgan fingerprint density at radius 3 is 3.00 bits per heavy atom. The number of allylic oxidation sites excluding steroid dienone is 2. The van der Waals surface area contributed by atoms with Gasteiger partial charge in [0.15, 0.2) is 0 Å². The number of amides is 1. The Bertz CT molecular complexity index is 967. The van der Waals surface area contributed by atoms with Gasteiger partial charge < -0.3 is 15.4 Å². The van der Waals surface area contributed by atoms with Crippen LogP contribution in [-0.2, 0) is 9.53 Å². The molecule has 6 heteroatoms. The molecular formula is C26H36N4O2. The van der Waals surface area contributed by atoms with E-state index in [-0.39, 0.29) is 35.4 Å². The second-order valence-corrected chi connectivity index (χ2v) is 10.9. The van der Waals surface area contributed by atoms with E-state index in [0.29, 0.717) is 18.0 Å². The lowest BCUT2D eigenvalue weighted by Gasteiger charge is -2.67. The lowest BCUT2D eigenvalue weighted by atomic mass is 9.54. The highest BCUT2D eigenvalue weighted by atomic mass is 16.5. The van der Waals surface area contributed by atoms with Crippen molar-refractivity contribution < 1.29 is 9.53 Å². The van der Waals surface area contributed by atoms with Gasteiger partial charge in [0.05, 0.1) is 30.2 Å². The van der Waals surface area contributed by atoms with Crippen LogP contribution >= 0.6 is 0 Å². The molecule has 0 aromatic heterocycles. The minimum atomic E-state index is -0.326. The number of rotatable bonds is 4. The topological polar surface area (TPSA) is 71.2 Å². The van der Waals surface area contributed by atoms with Gasteiger partial charge in [0.1, 0.15) is 6.10 Å². The van der Waals surface area contributed by atoms with E-state index in [1.54, 1.807) is 5.57 Å².